The van der Waals surface area contributed by atoms with Crippen molar-refractivity contribution in [3.8, 4) is 11.5 Å². The Kier molecular flexibility index (Phi) is 4.72. The third kappa shape index (κ3) is 3.35. The van der Waals surface area contributed by atoms with Crippen molar-refractivity contribution in [2.45, 2.75) is 25.9 Å². The lowest BCUT2D eigenvalue weighted by Crippen LogP contribution is -2.45. The molecule has 3 heterocycles. The number of aryl methyl sites for hydroxylation is 1. The molecular weight excluding hydrogens is 346 g/mol. The van der Waals surface area contributed by atoms with Gasteiger partial charge in [0.15, 0.2) is 17.5 Å². The number of carbonyl (C=O) groups is 1. The zero-order chi connectivity index (χ0) is 18.8. The van der Waals surface area contributed by atoms with Crippen LogP contribution in [0.25, 0.3) is 11.5 Å². The number of carbonyl (C=O) groups excluding carboxylic acids is 1. The van der Waals surface area contributed by atoms with Crippen LogP contribution < -0.4 is 0 Å². The van der Waals surface area contributed by atoms with E-state index >= 15 is 0 Å². The molecule has 0 saturated carbocycles. The number of aromatic nitrogens is 4. The molecule has 0 unspecified atom stereocenters. The number of hydrogen-bond donors (Lipinski definition) is 0. The molecular formula is C19H21N5O3. The van der Waals surface area contributed by atoms with Gasteiger partial charge in [-0.3, -0.25) is 9.36 Å². The first-order chi connectivity index (χ1) is 13.2. The highest BCUT2D eigenvalue weighted by atomic mass is 16.5. The molecule has 1 atom stereocenters. The number of ether oxygens (including phenoxy) is 1. The van der Waals surface area contributed by atoms with Crippen LogP contribution in [0.2, 0.25) is 0 Å². The molecule has 0 fully saturated rings. The summed E-state index contributed by atoms with van der Waals surface area (Å²) in [5.74, 6) is 1.88. The molecule has 1 aliphatic rings. The van der Waals surface area contributed by atoms with Crippen molar-refractivity contribution in [1.29, 1.82) is 0 Å². The first-order valence-corrected chi connectivity index (χ1v) is 8.85. The Morgan fingerprint density at radius 2 is 2.07 bits per heavy atom. The minimum atomic E-state index is -0.435. The molecule has 1 aliphatic heterocycles. The predicted octanol–water partition coefficient (Wildman–Crippen LogP) is 2.01. The normalized spacial score (nSPS) is 16.6. The summed E-state index contributed by atoms with van der Waals surface area (Å²) >= 11 is 0. The molecule has 1 aromatic carbocycles. The topological polar surface area (TPSA) is 86.3 Å². The Bertz CT molecular complexity index is 934. The van der Waals surface area contributed by atoms with Gasteiger partial charge in [0.2, 0.25) is 5.91 Å². The number of benzene rings is 1. The molecule has 3 aromatic rings. The van der Waals surface area contributed by atoms with E-state index in [2.05, 4.69) is 15.2 Å². The minimum Gasteiger partial charge on any atom is -0.449 e. The first kappa shape index (κ1) is 17.4. The average Bonchev–Trinajstić information content (AvgIpc) is 3.29. The maximum atomic E-state index is 13.2. The summed E-state index contributed by atoms with van der Waals surface area (Å²) in [5.41, 5.74) is 1.66. The number of nitrogens with zero attached hydrogens (tertiary/aromatic N) is 5. The third-order valence-corrected chi connectivity index (χ3v) is 4.69. The van der Waals surface area contributed by atoms with E-state index in [1.807, 2.05) is 34.9 Å². The smallest absolute Gasteiger partial charge is 0.246 e. The maximum Gasteiger partial charge on any atom is 0.246 e. The quantitative estimate of drug-likeness (QED) is 0.662. The van der Waals surface area contributed by atoms with Crippen LogP contribution in [-0.4, -0.2) is 50.8 Å². The van der Waals surface area contributed by atoms with E-state index in [9.17, 15) is 4.79 Å². The lowest BCUT2D eigenvalue weighted by Gasteiger charge is -2.33. The highest BCUT2D eigenvalue weighted by Crippen LogP contribution is 2.30. The van der Waals surface area contributed by atoms with Gasteiger partial charge >= 0.3 is 0 Å². The summed E-state index contributed by atoms with van der Waals surface area (Å²) in [6.45, 7) is 3.17. The fourth-order valence-electron chi connectivity index (χ4n) is 3.38. The van der Waals surface area contributed by atoms with Crippen molar-refractivity contribution in [3.63, 3.8) is 0 Å². The summed E-state index contributed by atoms with van der Waals surface area (Å²) in [4.78, 5) is 19.4. The number of methoxy groups -OCH3 is 1. The van der Waals surface area contributed by atoms with E-state index in [4.69, 9.17) is 9.15 Å². The Balaban J connectivity index is 1.75. The second kappa shape index (κ2) is 7.32. The first-order valence-electron chi connectivity index (χ1n) is 8.85. The summed E-state index contributed by atoms with van der Waals surface area (Å²) in [6.07, 6.45) is 2.10. The summed E-state index contributed by atoms with van der Waals surface area (Å²) in [5, 5.41) is 8.63. The maximum absolute atomic E-state index is 13.2. The van der Waals surface area contributed by atoms with Crippen molar-refractivity contribution in [2.75, 3.05) is 20.3 Å². The van der Waals surface area contributed by atoms with Gasteiger partial charge in [0.1, 0.15) is 18.0 Å². The summed E-state index contributed by atoms with van der Waals surface area (Å²) < 4.78 is 12.4. The van der Waals surface area contributed by atoms with Gasteiger partial charge in [0.05, 0.1) is 13.2 Å². The molecule has 1 amide bonds. The lowest BCUT2D eigenvalue weighted by atomic mass is 10.0. The van der Waals surface area contributed by atoms with Crippen LogP contribution >= 0.6 is 0 Å². The second-order valence-electron chi connectivity index (χ2n) is 6.52. The van der Waals surface area contributed by atoms with Crippen LogP contribution in [0.1, 0.15) is 23.3 Å². The van der Waals surface area contributed by atoms with E-state index in [0.717, 1.165) is 11.4 Å². The van der Waals surface area contributed by atoms with E-state index < -0.39 is 6.04 Å². The largest absolute Gasteiger partial charge is 0.449 e. The lowest BCUT2D eigenvalue weighted by molar-refractivity contribution is -0.138. The molecule has 140 valence electrons. The molecule has 0 N–H and O–H groups in total. The molecule has 0 saturated heterocycles. The number of hydrogen-bond acceptors (Lipinski definition) is 6. The van der Waals surface area contributed by atoms with Crippen molar-refractivity contribution in [3.05, 3.63) is 53.9 Å². The average molecular weight is 367 g/mol. The van der Waals surface area contributed by atoms with Gasteiger partial charge in [-0.05, 0) is 5.56 Å². The Hall–Kier alpha value is -3.00. The van der Waals surface area contributed by atoms with Crippen molar-refractivity contribution >= 4 is 5.91 Å². The number of fused-ring (bicyclic) bond motifs is 1. The molecule has 8 nitrogen and oxygen atoms in total. The van der Waals surface area contributed by atoms with Gasteiger partial charge in [0, 0.05) is 27.0 Å². The molecule has 8 heteroatoms. The molecule has 0 aliphatic carbocycles. The molecule has 0 bridgehead atoms. The van der Waals surface area contributed by atoms with Gasteiger partial charge in [-0.25, -0.2) is 4.98 Å². The van der Waals surface area contributed by atoms with Crippen LogP contribution in [0.5, 0.6) is 0 Å². The number of rotatable bonds is 6. The number of oxazole rings is 1. The van der Waals surface area contributed by atoms with Crippen molar-refractivity contribution < 1.29 is 13.9 Å². The monoisotopic (exact) mass is 367 g/mol. The van der Waals surface area contributed by atoms with Gasteiger partial charge in [-0.2, -0.15) is 0 Å². The van der Waals surface area contributed by atoms with E-state index in [0.29, 0.717) is 43.5 Å². The van der Waals surface area contributed by atoms with Crippen LogP contribution in [-0.2, 0) is 22.5 Å². The molecule has 0 radical (unpaired) electrons. The molecule has 27 heavy (non-hydrogen) atoms. The van der Waals surface area contributed by atoms with Crippen LogP contribution in [0.4, 0.5) is 0 Å². The highest BCUT2D eigenvalue weighted by molar-refractivity contribution is 5.82. The van der Waals surface area contributed by atoms with Gasteiger partial charge in [-0.15, -0.1) is 10.2 Å². The second-order valence-corrected chi connectivity index (χ2v) is 6.52. The van der Waals surface area contributed by atoms with Gasteiger partial charge in [0.25, 0.3) is 0 Å². The van der Waals surface area contributed by atoms with Crippen LogP contribution in [0.3, 0.4) is 0 Å². The van der Waals surface area contributed by atoms with Crippen LogP contribution in [0, 0.1) is 6.92 Å². The Morgan fingerprint density at radius 3 is 2.78 bits per heavy atom. The molecule has 4 rings (SSSR count). The number of amides is 1. The predicted molar refractivity (Wildman–Crippen MR) is 96.7 cm³/mol. The fourth-order valence-corrected chi connectivity index (χ4v) is 3.38. The summed E-state index contributed by atoms with van der Waals surface area (Å²) in [6, 6.07) is 9.51. The van der Waals surface area contributed by atoms with Gasteiger partial charge < -0.3 is 14.1 Å². The van der Waals surface area contributed by atoms with Crippen molar-refractivity contribution in [2.24, 2.45) is 0 Å². The Labute approximate surface area is 156 Å². The van der Waals surface area contributed by atoms with Crippen LogP contribution in [0.15, 0.2) is 41.0 Å². The zero-order valence-corrected chi connectivity index (χ0v) is 15.3. The van der Waals surface area contributed by atoms with E-state index in [1.54, 1.807) is 25.2 Å². The fraction of sp³-hybridized carbons (Fsp3) is 0.368. The third-order valence-electron chi connectivity index (χ3n) is 4.69. The highest BCUT2D eigenvalue weighted by Gasteiger charge is 2.36. The Morgan fingerprint density at radius 1 is 1.26 bits per heavy atom. The van der Waals surface area contributed by atoms with Gasteiger partial charge in [-0.1, -0.05) is 30.3 Å². The SMILES string of the molecule is COCCN1Cc2nnc(-c3coc(C)n3)n2[C@H](Cc2ccccc2)C1=O. The molecule has 0 spiro atoms. The minimum absolute atomic E-state index is 0.0321. The van der Waals surface area contributed by atoms with E-state index in [1.165, 1.54) is 0 Å². The molecule has 2 aromatic heterocycles. The standard InChI is InChI=1S/C19H21N5O3/c1-13-20-15(12-27-13)18-22-21-17-11-23(8-9-26-2)19(25)16(24(17)18)10-14-6-4-3-5-7-14/h3-7,12,16H,8-11H2,1-2H3/t16-/m1/s1. The zero-order valence-electron chi connectivity index (χ0n) is 15.3. The van der Waals surface area contributed by atoms with Crippen molar-refractivity contribution in [1.82, 2.24) is 24.6 Å². The summed E-state index contributed by atoms with van der Waals surface area (Å²) in [7, 11) is 1.63. The van der Waals surface area contributed by atoms with E-state index in [-0.39, 0.29) is 5.91 Å².